The molecule has 76 heavy (non-hydrogen) atoms. The van der Waals surface area contributed by atoms with Gasteiger partial charge in [-0.05, 0) is 154 Å². The standard InChI is InChI=1S/C69H104O6.CH4/c1-7-13-16-19-22-25-28-31-34-37-40-43-46-49-52-55-58-63(10-4)67(70)73-61-66(75-69(72)65(12-6)60-57-54-51-48-45-42-39-36-33-30-27-24-21-18-15-9-3)62-74-68(71)64(11-5)59-56-53-50-47-44-41-38-35-32-29-26-23-20-17-14-8-2;/h13-18,22-27,31-36,40-45,49-54,63-66H,7-12,19-21,28-30,37-39,46-48,55-62H2,1-6H3;1H4/b16-13-,17-14-,18-15-,25-22-,26-23-,27-24-,34-31-,35-32-,36-33-,43-40-,44-41-,45-42-,52-49-,53-50-,54-51-;. The average molecular weight is 1050 g/mol. The molecule has 0 fully saturated rings. The van der Waals surface area contributed by atoms with Crippen LogP contribution in [-0.4, -0.2) is 37.2 Å². The molecule has 0 aromatic carbocycles. The Morgan fingerprint density at radius 2 is 0.487 bits per heavy atom. The summed E-state index contributed by atoms with van der Waals surface area (Å²) in [5.41, 5.74) is 0. The summed E-state index contributed by atoms with van der Waals surface area (Å²) in [6, 6.07) is 0. The first-order valence-electron chi connectivity index (χ1n) is 29.2. The fraction of sp³-hybridized carbons (Fsp3) is 0.529. The lowest BCUT2D eigenvalue weighted by Gasteiger charge is -2.23. The minimum absolute atomic E-state index is 0. The second-order valence-electron chi connectivity index (χ2n) is 18.5. The molecule has 0 saturated heterocycles. The summed E-state index contributed by atoms with van der Waals surface area (Å²) in [5, 5.41) is 0. The Morgan fingerprint density at radius 1 is 0.289 bits per heavy atom. The Hall–Kier alpha value is -5.49. The summed E-state index contributed by atoms with van der Waals surface area (Å²) < 4.78 is 17.6. The van der Waals surface area contributed by atoms with Gasteiger partial charge in [-0.25, -0.2) is 0 Å². The van der Waals surface area contributed by atoms with Crippen LogP contribution in [-0.2, 0) is 28.6 Å². The Balaban J connectivity index is 0. The molecule has 3 unspecified atom stereocenters. The third kappa shape index (κ3) is 48.2. The molecule has 0 radical (unpaired) electrons. The van der Waals surface area contributed by atoms with E-state index in [-0.39, 0.29) is 56.3 Å². The van der Waals surface area contributed by atoms with E-state index < -0.39 is 6.10 Å². The quantitative estimate of drug-likeness (QED) is 0.0343. The van der Waals surface area contributed by atoms with Crippen LogP contribution in [0, 0.1) is 17.8 Å². The van der Waals surface area contributed by atoms with E-state index in [9.17, 15) is 14.4 Å². The van der Waals surface area contributed by atoms with Gasteiger partial charge in [0.15, 0.2) is 6.10 Å². The highest BCUT2D eigenvalue weighted by Crippen LogP contribution is 2.19. The van der Waals surface area contributed by atoms with E-state index in [1.165, 1.54) is 0 Å². The van der Waals surface area contributed by atoms with Gasteiger partial charge in [0.25, 0.3) is 0 Å². The fourth-order valence-electron chi connectivity index (χ4n) is 7.43. The van der Waals surface area contributed by atoms with E-state index in [1.807, 2.05) is 20.8 Å². The third-order valence-electron chi connectivity index (χ3n) is 12.1. The van der Waals surface area contributed by atoms with Crippen LogP contribution in [0.5, 0.6) is 0 Å². The Kier molecular flexibility index (Phi) is 56.1. The van der Waals surface area contributed by atoms with Crippen LogP contribution in [0.3, 0.4) is 0 Å². The maximum atomic E-state index is 13.6. The fourth-order valence-corrected chi connectivity index (χ4v) is 7.43. The van der Waals surface area contributed by atoms with Gasteiger partial charge in [0.05, 0.1) is 17.8 Å². The summed E-state index contributed by atoms with van der Waals surface area (Å²) in [7, 11) is 0. The van der Waals surface area contributed by atoms with E-state index in [2.05, 4.69) is 203 Å². The van der Waals surface area contributed by atoms with Crippen molar-refractivity contribution in [1.29, 1.82) is 0 Å². The predicted molar refractivity (Wildman–Crippen MR) is 331 cm³/mol. The van der Waals surface area contributed by atoms with Gasteiger partial charge >= 0.3 is 17.9 Å². The zero-order valence-electron chi connectivity index (χ0n) is 48.0. The zero-order chi connectivity index (χ0) is 54.8. The van der Waals surface area contributed by atoms with Crippen molar-refractivity contribution in [3.8, 4) is 0 Å². The van der Waals surface area contributed by atoms with E-state index in [1.54, 1.807) is 0 Å². The van der Waals surface area contributed by atoms with Gasteiger partial charge in [-0.1, -0.05) is 231 Å². The molecule has 0 N–H and O–H groups in total. The molecule has 424 valence electrons. The lowest BCUT2D eigenvalue weighted by atomic mass is 10.00. The van der Waals surface area contributed by atoms with Crippen molar-refractivity contribution in [2.45, 2.75) is 209 Å². The van der Waals surface area contributed by atoms with Crippen LogP contribution in [0.15, 0.2) is 182 Å². The van der Waals surface area contributed by atoms with E-state index in [4.69, 9.17) is 14.2 Å². The summed E-state index contributed by atoms with van der Waals surface area (Å²) in [4.78, 5) is 40.4. The molecular formula is C70H108O6. The molecular weight excluding hydrogens is 937 g/mol. The zero-order valence-corrected chi connectivity index (χ0v) is 48.0. The first kappa shape index (κ1) is 72.6. The molecule has 6 heteroatoms. The first-order valence-corrected chi connectivity index (χ1v) is 29.2. The van der Waals surface area contributed by atoms with Crippen LogP contribution in [0.2, 0.25) is 0 Å². The van der Waals surface area contributed by atoms with Gasteiger partial charge in [0, 0.05) is 0 Å². The average Bonchev–Trinajstić information content (AvgIpc) is 3.41. The molecule has 0 heterocycles. The van der Waals surface area contributed by atoms with E-state index >= 15 is 0 Å². The van der Waals surface area contributed by atoms with Crippen molar-refractivity contribution in [2.75, 3.05) is 13.2 Å². The lowest BCUT2D eigenvalue weighted by Crippen LogP contribution is -2.34. The highest BCUT2D eigenvalue weighted by molar-refractivity contribution is 5.74. The second kappa shape index (κ2) is 58.8. The smallest absolute Gasteiger partial charge is 0.309 e. The van der Waals surface area contributed by atoms with Crippen LogP contribution >= 0.6 is 0 Å². The van der Waals surface area contributed by atoms with E-state index in [0.29, 0.717) is 38.5 Å². The van der Waals surface area contributed by atoms with Gasteiger partial charge in [-0.15, -0.1) is 0 Å². The van der Waals surface area contributed by atoms with Crippen molar-refractivity contribution < 1.29 is 28.6 Å². The topological polar surface area (TPSA) is 78.9 Å². The molecule has 0 saturated carbocycles. The highest BCUT2D eigenvalue weighted by atomic mass is 16.6. The number of esters is 3. The minimum Gasteiger partial charge on any atom is -0.461 e. The molecule has 0 rings (SSSR count). The predicted octanol–water partition coefficient (Wildman–Crippen LogP) is 20.3. The van der Waals surface area contributed by atoms with Crippen molar-refractivity contribution in [1.82, 2.24) is 0 Å². The summed E-state index contributed by atoms with van der Waals surface area (Å²) in [6.07, 6.45) is 84.7. The van der Waals surface area contributed by atoms with Crippen molar-refractivity contribution in [3.05, 3.63) is 182 Å². The van der Waals surface area contributed by atoms with Gasteiger partial charge in [0.2, 0.25) is 0 Å². The summed E-state index contributed by atoms with van der Waals surface area (Å²) in [6.45, 7) is 12.0. The molecule has 3 atom stereocenters. The second-order valence-corrected chi connectivity index (χ2v) is 18.5. The van der Waals surface area contributed by atoms with Crippen molar-refractivity contribution >= 4 is 17.9 Å². The SMILES string of the molecule is C.CC/C=C\C/C=C\C/C=C\C/C=C\C/C=C\CCC(CC)C(=O)OCC(COC(=O)C(CC)CC/C=C\C/C=C\C/C=C\C/C=C\C/C=C\CC)OC(=O)C(CC)CC/C=C\C/C=C\C/C=C\C/C=C\C/C=C\CC. The van der Waals surface area contributed by atoms with Gasteiger partial charge in [0.1, 0.15) is 13.2 Å². The number of rotatable bonds is 47. The van der Waals surface area contributed by atoms with Gasteiger partial charge in [-0.2, -0.15) is 0 Å². The number of allylic oxidation sites excluding steroid dienone is 30. The Labute approximate surface area is 466 Å². The summed E-state index contributed by atoms with van der Waals surface area (Å²) >= 11 is 0. The molecule has 6 nitrogen and oxygen atoms in total. The molecule has 0 aromatic rings. The minimum atomic E-state index is -0.903. The van der Waals surface area contributed by atoms with Crippen LogP contribution in [0.1, 0.15) is 203 Å². The number of ether oxygens (including phenoxy) is 3. The van der Waals surface area contributed by atoms with Crippen molar-refractivity contribution in [2.24, 2.45) is 17.8 Å². The monoisotopic (exact) mass is 1040 g/mol. The molecule has 0 aliphatic carbocycles. The van der Waals surface area contributed by atoms with Gasteiger partial charge in [-0.3, -0.25) is 14.4 Å². The number of carbonyl (C=O) groups excluding carboxylic acids is 3. The van der Waals surface area contributed by atoms with E-state index in [0.717, 1.165) is 116 Å². The van der Waals surface area contributed by atoms with Crippen molar-refractivity contribution in [3.63, 3.8) is 0 Å². The molecule has 0 bridgehead atoms. The normalized spacial score (nSPS) is 14.6. The van der Waals surface area contributed by atoms with Gasteiger partial charge < -0.3 is 14.2 Å². The molecule has 0 spiro atoms. The molecule has 0 aliphatic heterocycles. The number of hydrogen-bond donors (Lipinski definition) is 0. The third-order valence-corrected chi connectivity index (χ3v) is 12.1. The maximum absolute atomic E-state index is 13.6. The van der Waals surface area contributed by atoms with Crippen LogP contribution in [0.25, 0.3) is 0 Å². The Morgan fingerprint density at radius 3 is 0.697 bits per heavy atom. The molecule has 0 aromatic heterocycles. The Bertz CT molecular complexity index is 1760. The largest absolute Gasteiger partial charge is 0.461 e. The van der Waals surface area contributed by atoms with Crippen LogP contribution in [0.4, 0.5) is 0 Å². The lowest BCUT2D eigenvalue weighted by molar-refractivity contribution is -0.172. The summed E-state index contributed by atoms with van der Waals surface area (Å²) in [5.74, 6) is -1.94. The first-order chi connectivity index (χ1) is 36.9. The molecule has 0 aliphatic rings. The van der Waals surface area contributed by atoms with Crippen LogP contribution < -0.4 is 0 Å². The molecule has 0 amide bonds. The number of carbonyl (C=O) groups is 3. The highest BCUT2D eigenvalue weighted by Gasteiger charge is 2.27. The maximum Gasteiger partial charge on any atom is 0.309 e. The number of hydrogen-bond acceptors (Lipinski definition) is 6.